The van der Waals surface area contributed by atoms with Crippen molar-refractivity contribution in [3.63, 3.8) is 0 Å². The van der Waals surface area contributed by atoms with Crippen LogP contribution >= 0.6 is 11.6 Å². The smallest absolute Gasteiger partial charge is 0.245 e. The van der Waals surface area contributed by atoms with Crippen molar-refractivity contribution < 1.29 is 9.59 Å². The van der Waals surface area contributed by atoms with Gasteiger partial charge >= 0.3 is 0 Å². The molecular formula is C23H31ClN4O2. The van der Waals surface area contributed by atoms with Crippen LogP contribution in [0.4, 0.5) is 0 Å². The van der Waals surface area contributed by atoms with E-state index in [-0.39, 0.29) is 29.7 Å². The van der Waals surface area contributed by atoms with E-state index in [0.29, 0.717) is 19.0 Å². The second-order valence-electron chi connectivity index (χ2n) is 9.13. The molecule has 1 N–H and O–H groups in total. The number of piperidine rings is 1. The minimum absolute atomic E-state index is 0.00354. The van der Waals surface area contributed by atoms with Crippen molar-refractivity contribution >= 4 is 23.4 Å². The number of benzene rings is 1. The van der Waals surface area contributed by atoms with Crippen LogP contribution < -0.4 is 5.32 Å². The molecular weight excluding hydrogens is 400 g/mol. The molecule has 2 heterocycles. The summed E-state index contributed by atoms with van der Waals surface area (Å²) in [5, 5.41) is 7.71. The summed E-state index contributed by atoms with van der Waals surface area (Å²) >= 11 is 6.04. The highest BCUT2D eigenvalue weighted by Gasteiger charge is 2.40. The molecule has 2 amide bonds. The number of halogens is 1. The van der Waals surface area contributed by atoms with Crippen LogP contribution in [0.1, 0.15) is 45.6 Å². The minimum Gasteiger partial charge on any atom is -0.342 e. The molecule has 0 bridgehead atoms. The standard InChI is InChI=1S/C23H31ClN4O2/c1-16(2)21(26-20(29)14-28-12-5-11-25-28)22(30)27-13-10-19(23(3,4)15-27)17-6-8-18(24)9-7-17/h5-9,11-12,16,19,21H,10,13-15H2,1-4H3,(H,26,29). The zero-order valence-corrected chi connectivity index (χ0v) is 18.9. The summed E-state index contributed by atoms with van der Waals surface area (Å²) in [4.78, 5) is 27.7. The van der Waals surface area contributed by atoms with Crippen molar-refractivity contribution in [2.45, 2.75) is 52.6 Å². The van der Waals surface area contributed by atoms with Crippen molar-refractivity contribution in [3.05, 3.63) is 53.3 Å². The average Bonchev–Trinajstić information content (AvgIpc) is 3.18. The molecule has 6 nitrogen and oxygen atoms in total. The molecule has 2 atom stereocenters. The van der Waals surface area contributed by atoms with Gasteiger partial charge in [0, 0.05) is 30.5 Å². The molecule has 1 aromatic carbocycles. The van der Waals surface area contributed by atoms with E-state index in [9.17, 15) is 9.59 Å². The lowest BCUT2D eigenvalue weighted by Crippen LogP contribution is -2.56. The predicted octanol–water partition coefficient (Wildman–Crippen LogP) is 3.72. The van der Waals surface area contributed by atoms with Gasteiger partial charge in [-0.1, -0.05) is 51.4 Å². The van der Waals surface area contributed by atoms with Gasteiger partial charge < -0.3 is 10.2 Å². The van der Waals surface area contributed by atoms with Crippen LogP contribution in [-0.4, -0.2) is 45.6 Å². The lowest BCUT2D eigenvalue weighted by atomic mass is 9.70. The Morgan fingerprint density at radius 1 is 1.27 bits per heavy atom. The van der Waals surface area contributed by atoms with Crippen molar-refractivity contribution in [2.75, 3.05) is 13.1 Å². The number of carbonyl (C=O) groups is 2. The first-order valence-electron chi connectivity index (χ1n) is 10.5. The van der Waals surface area contributed by atoms with Crippen LogP contribution in [0.3, 0.4) is 0 Å². The Morgan fingerprint density at radius 3 is 2.53 bits per heavy atom. The van der Waals surface area contributed by atoms with Crippen molar-refractivity contribution in [3.8, 4) is 0 Å². The molecule has 0 aliphatic carbocycles. The number of nitrogens with zero attached hydrogens (tertiary/aromatic N) is 3. The summed E-state index contributed by atoms with van der Waals surface area (Å²) in [5.74, 6) is 0.129. The van der Waals surface area contributed by atoms with Gasteiger partial charge in [-0.2, -0.15) is 5.10 Å². The Bertz CT molecular complexity index is 862. The van der Waals surface area contributed by atoms with E-state index < -0.39 is 6.04 Å². The number of hydrogen-bond donors (Lipinski definition) is 1. The first-order chi connectivity index (χ1) is 14.2. The highest BCUT2D eigenvalue weighted by atomic mass is 35.5. The van der Waals surface area contributed by atoms with Crippen molar-refractivity contribution in [2.24, 2.45) is 11.3 Å². The zero-order chi connectivity index (χ0) is 21.9. The Morgan fingerprint density at radius 2 is 1.97 bits per heavy atom. The van der Waals surface area contributed by atoms with E-state index in [1.54, 1.807) is 23.1 Å². The lowest BCUT2D eigenvalue weighted by molar-refractivity contribution is -0.140. The quantitative estimate of drug-likeness (QED) is 0.759. The van der Waals surface area contributed by atoms with E-state index in [0.717, 1.165) is 11.4 Å². The maximum atomic E-state index is 13.3. The molecule has 0 spiro atoms. The summed E-state index contributed by atoms with van der Waals surface area (Å²) in [7, 11) is 0. The Labute approximate surface area is 183 Å². The third-order valence-electron chi connectivity index (χ3n) is 5.93. The van der Waals surface area contributed by atoms with Crippen molar-refractivity contribution in [1.82, 2.24) is 20.0 Å². The molecule has 3 rings (SSSR count). The van der Waals surface area contributed by atoms with E-state index in [1.807, 2.05) is 30.9 Å². The first-order valence-corrected chi connectivity index (χ1v) is 10.9. The molecule has 1 aromatic heterocycles. The van der Waals surface area contributed by atoms with Gasteiger partial charge in [0.05, 0.1) is 0 Å². The molecule has 7 heteroatoms. The fourth-order valence-electron chi connectivity index (χ4n) is 4.33. The molecule has 30 heavy (non-hydrogen) atoms. The molecule has 1 aliphatic rings. The Hall–Kier alpha value is -2.34. The number of amides is 2. The number of carbonyl (C=O) groups excluding carboxylic acids is 2. The lowest BCUT2D eigenvalue weighted by Gasteiger charge is -2.45. The van der Waals surface area contributed by atoms with Crippen LogP contribution in [0.15, 0.2) is 42.7 Å². The summed E-state index contributed by atoms with van der Waals surface area (Å²) in [6, 6.07) is 9.24. The summed E-state index contributed by atoms with van der Waals surface area (Å²) in [6.45, 7) is 9.75. The largest absolute Gasteiger partial charge is 0.342 e. The maximum Gasteiger partial charge on any atom is 0.245 e. The molecule has 0 radical (unpaired) electrons. The highest BCUT2D eigenvalue weighted by molar-refractivity contribution is 6.30. The molecule has 2 aromatic rings. The summed E-state index contributed by atoms with van der Waals surface area (Å²) in [5.41, 5.74) is 1.17. The number of rotatable bonds is 6. The van der Waals surface area contributed by atoms with Gasteiger partial charge in [0.2, 0.25) is 11.8 Å². The van der Waals surface area contributed by atoms with Gasteiger partial charge in [-0.3, -0.25) is 14.3 Å². The molecule has 162 valence electrons. The zero-order valence-electron chi connectivity index (χ0n) is 18.1. The van der Waals surface area contributed by atoms with Crippen LogP contribution in [0.25, 0.3) is 0 Å². The van der Waals surface area contributed by atoms with Crippen LogP contribution in [0.5, 0.6) is 0 Å². The summed E-state index contributed by atoms with van der Waals surface area (Å²) in [6.07, 6.45) is 4.24. The van der Waals surface area contributed by atoms with Gasteiger partial charge in [-0.15, -0.1) is 0 Å². The van der Waals surface area contributed by atoms with E-state index in [1.165, 1.54) is 5.56 Å². The first kappa shape index (κ1) is 22.3. The molecule has 0 saturated carbocycles. The number of hydrogen-bond acceptors (Lipinski definition) is 3. The average molecular weight is 431 g/mol. The molecule has 1 fully saturated rings. The highest BCUT2D eigenvalue weighted by Crippen LogP contribution is 2.42. The molecule has 1 aliphatic heterocycles. The van der Waals surface area contributed by atoms with Gasteiger partial charge in [0.1, 0.15) is 12.6 Å². The second kappa shape index (κ2) is 9.21. The van der Waals surface area contributed by atoms with Crippen LogP contribution in [0, 0.1) is 11.3 Å². The maximum absolute atomic E-state index is 13.3. The normalized spacial score (nSPS) is 19.5. The molecule has 2 unspecified atom stereocenters. The fourth-order valence-corrected chi connectivity index (χ4v) is 4.45. The SMILES string of the molecule is CC(C)C(NC(=O)Cn1cccn1)C(=O)N1CCC(c2ccc(Cl)cc2)C(C)(C)C1. The predicted molar refractivity (Wildman–Crippen MR) is 118 cm³/mol. The third kappa shape index (κ3) is 5.22. The monoisotopic (exact) mass is 430 g/mol. The molecule has 1 saturated heterocycles. The van der Waals surface area contributed by atoms with Crippen LogP contribution in [-0.2, 0) is 16.1 Å². The van der Waals surface area contributed by atoms with Gasteiger partial charge in [0.25, 0.3) is 0 Å². The van der Waals surface area contributed by atoms with E-state index in [4.69, 9.17) is 11.6 Å². The van der Waals surface area contributed by atoms with Crippen molar-refractivity contribution in [1.29, 1.82) is 0 Å². The Kier molecular flexibility index (Phi) is 6.86. The summed E-state index contributed by atoms with van der Waals surface area (Å²) < 4.78 is 1.55. The fraction of sp³-hybridized carbons (Fsp3) is 0.522. The second-order valence-corrected chi connectivity index (χ2v) is 9.57. The third-order valence-corrected chi connectivity index (χ3v) is 6.18. The van der Waals surface area contributed by atoms with E-state index in [2.05, 4.69) is 36.4 Å². The Balaban J connectivity index is 1.67. The van der Waals surface area contributed by atoms with E-state index >= 15 is 0 Å². The van der Waals surface area contributed by atoms with Gasteiger partial charge in [0.15, 0.2) is 0 Å². The number of aromatic nitrogens is 2. The topological polar surface area (TPSA) is 67.2 Å². The number of likely N-dealkylation sites (tertiary alicyclic amines) is 1. The van der Waals surface area contributed by atoms with Gasteiger partial charge in [-0.05, 0) is 47.4 Å². The van der Waals surface area contributed by atoms with Gasteiger partial charge in [-0.25, -0.2) is 0 Å². The van der Waals surface area contributed by atoms with Crippen LogP contribution in [0.2, 0.25) is 5.02 Å². The minimum atomic E-state index is -0.545. The number of nitrogens with one attached hydrogen (secondary N) is 1.